The number of unbranched alkanes of at least 4 members (excludes halogenated alkanes) is 1. The third-order valence-electron chi connectivity index (χ3n) is 3.54. The highest BCUT2D eigenvalue weighted by Crippen LogP contribution is 2.28. The SMILES string of the molecule is CCCCOc1ccc(CNC(=O)c2ccc(F)cc2)cc1OC. The molecule has 2 rings (SSSR count). The number of nitrogens with one attached hydrogen (secondary N) is 1. The summed E-state index contributed by atoms with van der Waals surface area (Å²) < 4.78 is 23.9. The number of rotatable bonds is 8. The molecule has 0 saturated heterocycles. The van der Waals surface area contributed by atoms with Gasteiger partial charge in [-0.1, -0.05) is 19.4 Å². The van der Waals surface area contributed by atoms with Crippen molar-refractivity contribution in [1.29, 1.82) is 0 Å². The molecule has 24 heavy (non-hydrogen) atoms. The molecule has 1 N–H and O–H groups in total. The fourth-order valence-electron chi connectivity index (χ4n) is 2.15. The van der Waals surface area contributed by atoms with Gasteiger partial charge in [0.25, 0.3) is 5.91 Å². The third-order valence-corrected chi connectivity index (χ3v) is 3.54. The molecule has 0 radical (unpaired) electrons. The Bertz CT molecular complexity index is 671. The average Bonchev–Trinajstić information content (AvgIpc) is 2.61. The van der Waals surface area contributed by atoms with E-state index < -0.39 is 0 Å². The first-order valence-electron chi connectivity index (χ1n) is 7.97. The van der Waals surface area contributed by atoms with E-state index in [-0.39, 0.29) is 11.7 Å². The van der Waals surface area contributed by atoms with Crippen molar-refractivity contribution < 1.29 is 18.7 Å². The second-order valence-corrected chi connectivity index (χ2v) is 5.38. The van der Waals surface area contributed by atoms with Crippen molar-refractivity contribution in [3.63, 3.8) is 0 Å². The van der Waals surface area contributed by atoms with E-state index in [1.807, 2.05) is 18.2 Å². The molecule has 0 unspecified atom stereocenters. The summed E-state index contributed by atoms with van der Waals surface area (Å²) in [6, 6.07) is 11.0. The molecule has 5 heteroatoms. The van der Waals surface area contributed by atoms with Crippen LogP contribution in [-0.4, -0.2) is 19.6 Å². The van der Waals surface area contributed by atoms with Crippen LogP contribution in [0.15, 0.2) is 42.5 Å². The number of ether oxygens (including phenoxy) is 2. The van der Waals surface area contributed by atoms with E-state index >= 15 is 0 Å². The number of hydrogen-bond acceptors (Lipinski definition) is 3. The minimum absolute atomic E-state index is 0.253. The molecule has 0 spiro atoms. The van der Waals surface area contributed by atoms with Crippen LogP contribution < -0.4 is 14.8 Å². The molecule has 0 aromatic heterocycles. The molecular formula is C19H22FNO3. The molecule has 2 aromatic carbocycles. The Labute approximate surface area is 141 Å². The zero-order valence-corrected chi connectivity index (χ0v) is 14.0. The maximum atomic E-state index is 12.9. The van der Waals surface area contributed by atoms with Gasteiger partial charge in [-0.05, 0) is 48.4 Å². The van der Waals surface area contributed by atoms with Crippen LogP contribution in [0.25, 0.3) is 0 Å². The average molecular weight is 331 g/mol. The second-order valence-electron chi connectivity index (χ2n) is 5.38. The van der Waals surface area contributed by atoms with Crippen molar-refractivity contribution in [2.75, 3.05) is 13.7 Å². The Morgan fingerprint density at radius 2 is 1.88 bits per heavy atom. The first-order chi connectivity index (χ1) is 11.6. The van der Waals surface area contributed by atoms with Crippen LogP contribution in [0, 0.1) is 5.82 Å². The Hall–Kier alpha value is -2.56. The normalized spacial score (nSPS) is 10.3. The van der Waals surface area contributed by atoms with Gasteiger partial charge in [-0.15, -0.1) is 0 Å². The van der Waals surface area contributed by atoms with E-state index in [9.17, 15) is 9.18 Å². The fraction of sp³-hybridized carbons (Fsp3) is 0.316. The Balaban J connectivity index is 1.96. The number of hydrogen-bond donors (Lipinski definition) is 1. The van der Waals surface area contributed by atoms with Gasteiger partial charge in [0.05, 0.1) is 13.7 Å². The van der Waals surface area contributed by atoms with Crippen molar-refractivity contribution in [3.8, 4) is 11.5 Å². The first kappa shape index (κ1) is 17.8. The lowest BCUT2D eigenvalue weighted by Gasteiger charge is -2.12. The molecule has 0 aliphatic rings. The molecule has 128 valence electrons. The van der Waals surface area contributed by atoms with Gasteiger partial charge in [-0.2, -0.15) is 0 Å². The Kier molecular flexibility index (Phi) is 6.61. The van der Waals surface area contributed by atoms with E-state index in [0.717, 1.165) is 18.4 Å². The molecule has 2 aromatic rings. The van der Waals surface area contributed by atoms with Crippen molar-refractivity contribution >= 4 is 5.91 Å². The van der Waals surface area contributed by atoms with Crippen molar-refractivity contribution in [2.45, 2.75) is 26.3 Å². The van der Waals surface area contributed by atoms with Gasteiger partial charge in [0.1, 0.15) is 5.82 Å². The van der Waals surface area contributed by atoms with Crippen LogP contribution in [-0.2, 0) is 6.54 Å². The van der Waals surface area contributed by atoms with E-state index in [1.54, 1.807) is 7.11 Å². The molecule has 4 nitrogen and oxygen atoms in total. The standard InChI is InChI=1S/C19H22FNO3/c1-3-4-11-24-17-10-5-14(12-18(17)23-2)13-21-19(22)15-6-8-16(20)9-7-15/h5-10,12H,3-4,11,13H2,1-2H3,(H,21,22). The van der Waals surface area contributed by atoms with Gasteiger partial charge in [-0.3, -0.25) is 4.79 Å². The lowest BCUT2D eigenvalue weighted by molar-refractivity contribution is 0.0951. The monoisotopic (exact) mass is 331 g/mol. The molecule has 0 aliphatic carbocycles. The minimum atomic E-state index is -0.366. The minimum Gasteiger partial charge on any atom is -0.493 e. The van der Waals surface area contributed by atoms with Crippen LogP contribution in [0.3, 0.4) is 0 Å². The second kappa shape index (κ2) is 8.91. The lowest BCUT2D eigenvalue weighted by atomic mass is 10.1. The van der Waals surface area contributed by atoms with E-state index in [0.29, 0.717) is 30.2 Å². The number of benzene rings is 2. The number of methoxy groups -OCH3 is 1. The summed E-state index contributed by atoms with van der Waals surface area (Å²) in [6.45, 7) is 3.10. The predicted molar refractivity (Wildman–Crippen MR) is 91.0 cm³/mol. The van der Waals surface area contributed by atoms with Crippen molar-refractivity contribution in [2.24, 2.45) is 0 Å². The van der Waals surface area contributed by atoms with Gasteiger partial charge < -0.3 is 14.8 Å². The van der Waals surface area contributed by atoms with Crippen LogP contribution in [0.5, 0.6) is 11.5 Å². The highest BCUT2D eigenvalue weighted by Gasteiger charge is 2.08. The topological polar surface area (TPSA) is 47.6 Å². The summed E-state index contributed by atoms with van der Waals surface area (Å²) in [5.74, 6) is 0.714. The van der Waals surface area contributed by atoms with Gasteiger partial charge in [0.15, 0.2) is 11.5 Å². The summed E-state index contributed by atoms with van der Waals surface area (Å²) in [7, 11) is 1.59. The molecule has 0 atom stereocenters. The maximum absolute atomic E-state index is 12.9. The summed E-state index contributed by atoms with van der Waals surface area (Å²) in [6.07, 6.45) is 2.05. The molecule has 0 aliphatic heterocycles. The van der Waals surface area contributed by atoms with Crippen molar-refractivity contribution in [1.82, 2.24) is 5.32 Å². The Morgan fingerprint density at radius 3 is 2.54 bits per heavy atom. The fourth-order valence-corrected chi connectivity index (χ4v) is 2.15. The van der Waals surface area contributed by atoms with Gasteiger partial charge in [-0.25, -0.2) is 4.39 Å². The highest BCUT2D eigenvalue weighted by atomic mass is 19.1. The summed E-state index contributed by atoms with van der Waals surface area (Å²) in [4.78, 5) is 12.0. The molecule has 0 heterocycles. The molecule has 0 saturated carbocycles. The number of carbonyl (C=O) groups is 1. The molecule has 0 bridgehead atoms. The summed E-state index contributed by atoms with van der Waals surface area (Å²) in [5.41, 5.74) is 1.31. The smallest absolute Gasteiger partial charge is 0.251 e. The molecule has 0 fully saturated rings. The third kappa shape index (κ3) is 4.98. The van der Waals surface area contributed by atoms with Crippen LogP contribution in [0.1, 0.15) is 35.7 Å². The van der Waals surface area contributed by atoms with Crippen LogP contribution in [0.2, 0.25) is 0 Å². The number of halogens is 1. The highest BCUT2D eigenvalue weighted by molar-refractivity contribution is 5.94. The van der Waals surface area contributed by atoms with Gasteiger partial charge >= 0.3 is 0 Å². The number of amides is 1. The zero-order valence-electron chi connectivity index (χ0n) is 14.0. The summed E-state index contributed by atoms with van der Waals surface area (Å²) in [5, 5.41) is 2.80. The largest absolute Gasteiger partial charge is 0.493 e. The Morgan fingerprint density at radius 1 is 1.12 bits per heavy atom. The zero-order chi connectivity index (χ0) is 17.4. The molecule has 1 amide bonds. The summed E-state index contributed by atoms with van der Waals surface area (Å²) >= 11 is 0. The van der Waals surface area contributed by atoms with E-state index in [1.165, 1.54) is 24.3 Å². The van der Waals surface area contributed by atoms with Crippen LogP contribution >= 0.6 is 0 Å². The predicted octanol–water partition coefficient (Wildman–Crippen LogP) is 3.94. The van der Waals surface area contributed by atoms with Gasteiger partial charge in [0.2, 0.25) is 0 Å². The van der Waals surface area contributed by atoms with Gasteiger partial charge in [0, 0.05) is 12.1 Å². The lowest BCUT2D eigenvalue weighted by Crippen LogP contribution is -2.22. The van der Waals surface area contributed by atoms with Crippen LogP contribution in [0.4, 0.5) is 4.39 Å². The molecular weight excluding hydrogens is 309 g/mol. The van der Waals surface area contributed by atoms with E-state index in [4.69, 9.17) is 9.47 Å². The van der Waals surface area contributed by atoms with E-state index in [2.05, 4.69) is 12.2 Å². The first-order valence-corrected chi connectivity index (χ1v) is 7.97. The maximum Gasteiger partial charge on any atom is 0.251 e. The van der Waals surface area contributed by atoms with Crippen molar-refractivity contribution in [3.05, 3.63) is 59.4 Å². The number of carbonyl (C=O) groups excluding carboxylic acids is 1. The quantitative estimate of drug-likeness (QED) is 0.745.